The van der Waals surface area contributed by atoms with Gasteiger partial charge in [0.05, 0.1) is 12.2 Å². The Morgan fingerprint density at radius 2 is 0.800 bits per heavy atom. The summed E-state index contributed by atoms with van der Waals surface area (Å²) >= 11 is 0. The molecule has 2 aliphatic heterocycles. The summed E-state index contributed by atoms with van der Waals surface area (Å²) < 4.78 is 115. The fourth-order valence-corrected chi connectivity index (χ4v) is 1.91. The van der Waals surface area contributed by atoms with E-state index in [0.29, 0.717) is 0 Å². The molecular formula is C10H10F8O2. The Kier molecular flexibility index (Phi) is 3.12. The predicted octanol–water partition coefficient (Wildman–Crippen LogP) is 3.10. The number of halogens is 8. The van der Waals surface area contributed by atoms with Gasteiger partial charge in [-0.05, 0) is 13.8 Å². The van der Waals surface area contributed by atoms with Crippen molar-refractivity contribution in [3.8, 4) is 0 Å². The summed E-state index contributed by atoms with van der Waals surface area (Å²) in [5.74, 6) is -23.4. The van der Waals surface area contributed by atoms with Crippen molar-refractivity contribution in [2.24, 2.45) is 0 Å². The molecule has 0 aromatic rings. The lowest BCUT2D eigenvalue weighted by Gasteiger charge is -2.35. The number of epoxide rings is 2. The van der Waals surface area contributed by atoms with Crippen LogP contribution in [-0.2, 0) is 9.47 Å². The van der Waals surface area contributed by atoms with E-state index in [1.807, 2.05) is 0 Å². The molecule has 0 amide bonds. The smallest absolute Gasteiger partial charge is 0.363 e. The lowest BCUT2D eigenvalue weighted by Crippen LogP contribution is -2.65. The minimum atomic E-state index is -6.27. The third-order valence-electron chi connectivity index (χ3n) is 3.37. The largest absolute Gasteiger partial charge is 0.381 e. The highest BCUT2D eigenvalue weighted by Crippen LogP contribution is 2.59. The lowest BCUT2D eigenvalue weighted by molar-refractivity contribution is -0.371. The predicted molar refractivity (Wildman–Crippen MR) is 48.5 cm³/mol. The van der Waals surface area contributed by atoms with Gasteiger partial charge in [0.15, 0.2) is 12.2 Å². The van der Waals surface area contributed by atoms with Crippen LogP contribution >= 0.6 is 0 Å². The van der Waals surface area contributed by atoms with Crippen molar-refractivity contribution in [1.29, 1.82) is 0 Å². The molecule has 0 N–H and O–H groups in total. The molecule has 0 aliphatic carbocycles. The topological polar surface area (TPSA) is 25.1 Å². The van der Waals surface area contributed by atoms with Crippen LogP contribution in [0.15, 0.2) is 0 Å². The van der Waals surface area contributed by atoms with E-state index in [0.717, 1.165) is 13.8 Å². The molecule has 2 aliphatic rings. The van der Waals surface area contributed by atoms with Crippen molar-refractivity contribution >= 4 is 0 Å². The van der Waals surface area contributed by atoms with Crippen LogP contribution in [0.4, 0.5) is 35.1 Å². The Balaban J connectivity index is 2.31. The molecule has 2 nitrogen and oxygen atoms in total. The Morgan fingerprint density at radius 1 is 0.600 bits per heavy atom. The second kappa shape index (κ2) is 3.96. The fraction of sp³-hybridized carbons (Fsp3) is 1.00. The van der Waals surface area contributed by atoms with Gasteiger partial charge >= 0.3 is 23.7 Å². The quantitative estimate of drug-likeness (QED) is 0.575. The Labute approximate surface area is 108 Å². The zero-order chi connectivity index (χ0) is 15.7. The maximum Gasteiger partial charge on any atom is 0.381 e. The number of ether oxygens (including phenoxy) is 2. The van der Waals surface area contributed by atoms with Crippen molar-refractivity contribution in [3.05, 3.63) is 0 Å². The normalized spacial score (nSPS) is 35.1. The highest BCUT2D eigenvalue weighted by atomic mass is 19.4. The first-order valence-corrected chi connectivity index (χ1v) is 5.60. The molecule has 20 heavy (non-hydrogen) atoms. The van der Waals surface area contributed by atoms with Gasteiger partial charge in [-0.2, -0.15) is 35.1 Å². The summed E-state index contributed by atoms with van der Waals surface area (Å²) in [5.41, 5.74) is 0. The van der Waals surface area contributed by atoms with Crippen molar-refractivity contribution in [2.45, 2.75) is 62.0 Å². The average Bonchev–Trinajstić information content (AvgIpc) is 3.16. The van der Waals surface area contributed by atoms with Crippen LogP contribution in [0, 0.1) is 0 Å². The van der Waals surface area contributed by atoms with Gasteiger partial charge in [-0.25, -0.2) is 0 Å². The van der Waals surface area contributed by atoms with E-state index in [-0.39, 0.29) is 0 Å². The van der Waals surface area contributed by atoms with Gasteiger partial charge in [0, 0.05) is 0 Å². The summed E-state index contributed by atoms with van der Waals surface area (Å²) in [6.45, 7) is 1.88. The summed E-state index contributed by atoms with van der Waals surface area (Å²) in [6.07, 6.45) is -7.85. The third-order valence-corrected chi connectivity index (χ3v) is 3.37. The van der Waals surface area contributed by atoms with Crippen LogP contribution in [0.5, 0.6) is 0 Å². The zero-order valence-electron chi connectivity index (χ0n) is 10.1. The number of rotatable bonds is 5. The fourth-order valence-electron chi connectivity index (χ4n) is 1.91. The molecule has 2 fully saturated rings. The summed E-state index contributed by atoms with van der Waals surface area (Å²) in [5, 5.41) is 0. The van der Waals surface area contributed by atoms with E-state index in [2.05, 4.69) is 9.47 Å². The molecule has 10 heteroatoms. The maximum atomic E-state index is 13.3. The molecule has 0 aromatic carbocycles. The molecule has 4 atom stereocenters. The van der Waals surface area contributed by atoms with Gasteiger partial charge in [-0.15, -0.1) is 0 Å². The Hall–Kier alpha value is -0.640. The molecule has 2 saturated heterocycles. The van der Waals surface area contributed by atoms with Crippen molar-refractivity contribution in [2.75, 3.05) is 0 Å². The van der Waals surface area contributed by atoms with E-state index >= 15 is 0 Å². The van der Waals surface area contributed by atoms with Crippen LogP contribution < -0.4 is 0 Å². The molecule has 0 aromatic heterocycles. The summed E-state index contributed by atoms with van der Waals surface area (Å²) in [4.78, 5) is 0. The molecule has 4 unspecified atom stereocenters. The van der Waals surface area contributed by atoms with Crippen LogP contribution in [0.2, 0.25) is 0 Å². The highest BCUT2D eigenvalue weighted by Gasteiger charge is 2.87. The summed E-state index contributed by atoms with van der Waals surface area (Å²) in [7, 11) is 0. The monoisotopic (exact) mass is 314 g/mol. The summed E-state index contributed by atoms with van der Waals surface area (Å²) in [6, 6.07) is 0. The first-order valence-electron chi connectivity index (χ1n) is 5.60. The van der Waals surface area contributed by atoms with Gasteiger partial charge < -0.3 is 9.47 Å². The highest BCUT2D eigenvalue weighted by molar-refractivity contribution is 5.14. The van der Waals surface area contributed by atoms with Gasteiger partial charge in [0.1, 0.15) is 0 Å². The molecular weight excluding hydrogens is 304 g/mol. The van der Waals surface area contributed by atoms with E-state index in [9.17, 15) is 35.1 Å². The molecule has 2 rings (SSSR count). The lowest BCUT2D eigenvalue weighted by atomic mass is 9.93. The SMILES string of the molecule is CC1OC1C(F)(F)C(F)(F)C(F)(F)C(F)(F)C1OC1C. The Morgan fingerprint density at radius 3 is 0.950 bits per heavy atom. The molecule has 2 heterocycles. The minimum Gasteiger partial charge on any atom is -0.363 e. The minimum absolute atomic E-state index is 0.941. The van der Waals surface area contributed by atoms with Gasteiger partial charge in [-0.1, -0.05) is 0 Å². The number of hydrogen-bond acceptors (Lipinski definition) is 2. The van der Waals surface area contributed by atoms with Crippen LogP contribution in [-0.4, -0.2) is 48.1 Å². The first kappa shape index (κ1) is 15.7. The van der Waals surface area contributed by atoms with Gasteiger partial charge in [0.25, 0.3) is 0 Å². The molecule has 0 saturated carbocycles. The first-order chi connectivity index (χ1) is 8.78. The van der Waals surface area contributed by atoms with Crippen LogP contribution in [0.3, 0.4) is 0 Å². The van der Waals surface area contributed by atoms with E-state index in [4.69, 9.17) is 0 Å². The van der Waals surface area contributed by atoms with Crippen LogP contribution in [0.25, 0.3) is 0 Å². The maximum absolute atomic E-state index is 13.3. The molecule has 118 valence electrons. The Bertz CT molecular complexity index is 372. The molecule has 0 bridgehead atoms. The van der Waals surface area contributed by atoms with Crippen molar-refractivity contribution in [3.63, 3.8) is 0 Å². The van der Waals surface area contributed by atoms with E-state index < -0.39 is 48.1 Å². The zero-order valence-corrected chi connectivity index (χ0v) is 10.1. The van der Waals surface area contributed by atoms with E-state index in [1.54, 1.807) is 0 Å². The second-order valence-corrected chi connectivity index (χ2v) is 4.92. The molecule has 0 radical (unpaired) electrons. The van der Waals surface area contributed by atoms with Crippen LogP contribution in [0.1, 0.15) is 13.8 Å². The second-order valence-electron chi connectivity index (χ2n) is 4.92. The third kappa shape index (κ3) is 1.83. The van der Waals surface area contributed by atoms with Crippen molar-refractivity contribution in [1.82, 2.24) is 0 Å². The van der Waals surface area contributed by atoms with Gasteiger partial charge in [0.2, 0.25) is 0 Å². The number of alkyl halides is 8. The molecule has 0 spiro atoms. The average molecular weight is 314 g/mol. The number of hydrogen-bond donors (Lipinski definition) is 0. The standard InChI is InChI=1S/C10H10F8O2/c1-3-5(19-3)7(11,12)9(15,16)10(17,18)8(13,14)6-4(2)20-6/h3-6H,1-2H3. The van der Waals surface area contributed by atoms with E-state index in [1.165, 1.54) is 0 Å². The van der Waals surface area contributed by atoms with Gasteiger partial charge in [-0.3, -0.25) is 0 Å². The van der Waals surface area contributed by atoms with Crippen molar-refractivity contribution < 1.29 is 44.6 Å².